The van der Waals surface area contributed by atoms with Crippen molar-refractivity contribution in [3.8, 4) is 0 Å². The number of hydrogen-bond donors (Lipinski definition) is 0. The highest BCUT2D eigenvalue weighted by atomic mass is 16.5. The predicted octanol–water partition coefficient (Wildman–Crippen LogP) is 3.60. The third-order valence-electron chi connectivity index (χ3n) is 2.93. The SMILES string of the molecule is C=C(C)C(=O)OCCCCCCN(C(=C)C)C(=O)C(=C)C. The van der Waals surface area contributed by atoms with Gasteiger partial charge in [0.2, 0.25) is 0 Å². The van der Waals surface area contributed by atoms with E-state index in [9.17, 15) is 9.59 Å². The molecule has 0 aliphatic rings. The summed E-state index contributed by atoms with van der Waals surface area (Å²) in [5.74, 6) is -0.409. The van der Waals surface area contributed by atoms with Crippen LogP contribution in [-0.2, 0) is 14.3 Å². The van der Waals surface area contributed by atoms with Crippen LogP contribution in [0.1, 0.15) is 46.5 Å². The Balaban J connectivity index is 3.85. The topological polar surface area (TPSA) is 46.6 Å². The van der Waals surface area contributed by atoms with E-state index in [0.717, 1.165) is 31.4 Å². The molecule has 0 aliphatic heterocycles. The summed E-state index contributed by atoms with van der Waals surface area (Å²) in [6, 6.07) is 0. The minimum Gasteiger partial charge on any atom is -0.462 e. The van der Waals surface area contributed by atoms with Crippen LogP contribution in [0.3, 0.4) is 0 Å². The van der Waals surface area contributed by atoms with Gasteiger partial charge in [-0.2, -0.15) is 0 Å². The number of amides is 1. The molecule has 1 amide bonds. The van der Waals surface area contributed by atoms with Crippen LogP contribution in [0, 0.1) is 0 Å². The number of nitrogens with zero attached hydrogens (tertiary/aromatic N) is 1. The minimum absolute atomic E-state index is 0.0714. The first-order chi connectivity index (χ1) is 9.77. The largest absolute Gasteiger partial charge is 0.462 e. The molecule has 0 aliphatic carbocycles. The van der Waals surface area contributed by atoms with E-state index >= 15 is 0 Å². The van der Waals surface area contributed by atoms with Gasteiger partial charge in [-0.1, -0.05) is 26.2 Å². The van der Waals surface area contributed by atoms with Crippen LogP contribution in [0.5, 0.6) is 0 Å². The Hall–Kier alpha value is -1.84. The van der Waals surface area contributed by atoms with Crippen LogP contribution in [-0.4, -0.2) is 29.9 Å². The highest BCUT2D eigenvalue weighted by Gasteiger charge is 2.13. The standard InChI is InChI=1S/C17H27NO3/c1-13(2)16(19)18(15(5)6)11-9-7-8-10-12-21-17(20)14(3)4/h1,3,5,7-12H2,2,4,6H3. The van der Waals surface area contributed by atoms with Gasteiger partial charge in [-0.3, -0.25) is 4.79 Å². The Morgan fingerprint density at radius 2 is 1.48 bits per heavy atom. The Morgan fingerprint density at radius 3 is 1.95 bits per heavy atom. The first-order valence-electron chi connectivity index (χ1n) is 7.23. The van der Waals surface area contributed by atoms with E-state index < -0.39 is 0 Å². The van der Waals surface area contributed by atoms with Crippen molar-refractivity contribution in [1.82, 2.24) is 4.90 Å². The highest BCUT2D eigenvalue weighted by molar-refractivity contribution is 5.93. The molecule has 0 unspecified atom stereocenters. The lowest BCUT2D eigenvalue weighted by atomic mass is 10.1. The van der Waals surface area contributed by atoms with E-state index in [2.05, 4.69) is 19.7 Å². The summed E-state index contributed by atoms with van der Waals surface area (Å²) in [5.41, 5.74) is 1.67. The average molecular weight is 293 g/mol. The number of hydrogen-bond acceptors (Lipinski definition) is 3. The average Bonchev–Trinajstić information content (AvgIpc) is 2.40. The molecule has 0 heterocycles. The molecule has 0 saturated heterocycles. The van der Waals surface area contributed by atoms with Crippen LogP contribution in [0.4, 0.5) is 0 Å². The number of unbranched alkanes of at least 4 members (excludes halogenated alkanes) is 3. The van der Waals surface area contributed by atoms with Crippen molar-refractivity contribution in [3.05, 3.63) is 36.6 Å². The van der Waals surface area contributed by atoms with Gasteiger partial charge in [0.1, 0.15) is 0 Å². The van der Waals surface area contributed by atoms with Gasteiger partial charge in [0.25, 0.3) is 5.91 Å². The molecule has 4 heteroatoms. The number of carbonyl (C=O) groups excluding carboxylic acids is 2. The molecule has 0 N–H and O–H groups in total. The van der Waals surface area contributed by atoms with Crippen molar-refractivity contribution < 1.29 is 14.3 Å². The van der Waals surface area contributed by atoms with Gasteiger partial charge < -0.3 is 9.64 Å². The lowest BCUT2D eigenvalue weighted by molar-refractivity contribution is -0.139. The normalized spacial score (nSPS) is 9.86. The van der Waals surface area contributed by atoms with Gasteiger partial charge in [-0.05, 0) is 40.0 Å². The monoisotopic (exact) mass is 293 g/mol. The third kappa shape index (κ3) is 8.12. The van der Waals surface area contributed by atoms with Crippen molar-refractivity contribution in [2.75, 3.05) is 13.2 Å². The maximum atomic E-state index is 11.9. The Bertz CT molecular complexity index is 424. The van der Waals surface area contributed by atoms with Crippen molar-refractivity contribution in [3.63, 3.8) is 0 Å². The smallest absolute Gasteiger partial charge is 0.333 e. The first-order valence-corrected chi connectivity index (χ1v) is 7.23. The van der Waals surface area contributed by atoms with E-state index in [1.807, 2.05) is 6.92 Å². The molecule has 0 rings (SSSR count). The maximum absolute atomic E-state index is 11.9. The lowest BCUT2D eigenvalue weighted by Crippen LogP contribution is -2.30. The van der Waals surface area contributed by atoms with Gasteiger partial charge in [0.05, 0.1) is 6.61 Å². The van der Waals surface area contributed by atoms with E-state index in [1.54, 1.807) is 18.7 Å². The molecule has 118 valence electrons. The molecule has 21 heavy (non-hydrogen) atoms. The van der Waals surface area contributed by atoms with Crippen molar-refractivity contribution in [2.45, 2.75) is 46.5 Å². The van der Waals surface area contributed by atoms with Crippen molar-refractivity contribution in [2.24, 2.45) is 0 Å². The molecule has 0 spiro atoms. The fourth-order valence-electron chi connectivity index (χ4n) is 1.71. The van der Waals surface area contributed by atoms with Crippen LogP contribution < -0.4 is 0 Å². The number of esters is 1. The molecule has 0 radical (unpaired) electrons. The summed E-state index contributed by atoms with van der Waals surface area (Å²) in [6.45, 7) is 17.2. The van der Waals surface area contributed by atoms with Crippen molar-refractivity contribution >= 4 is 11.9 Å². The molecule has 0 bridgehead atoms. The van der Waals surface area contributed by atoms with E-state index in [0.29, 0.717) is 24.3 Å². The summed E-state index contributed by atoms with van der Waals surface area (Å²) >= 11 is 0. The zero-order valence-electron chi connectivity index (χ0n) is 13.5. The number of allylic oxidation sites excluding steroid dienone is 1. The summed E-state index contributed by atoms with van der Waals surface area (Å²) in [5, 5.41) is 0. The van der Waals surface area contributed by atoms with Crippen LogP contribution in [0.25, 0.3) is 0 Å². The molecule has 0 fully saturated rings. The lowest BCUT2D eigenvalue weighted by Gasteiger charge is -2.22. The minimum atomic E-state index is -0.337. The summed E-state index contributed by atoms with van der Waals surface area (Å²) in [7, 11) is 0. The molecule has 0 aromatic heterocycles. The second kappa shape index (κ2) is 9.97. The summed E-state index contributed by atoms with van der Waals surface area (Å²) in [4.78, 5) is 24.7. The zero-order chi connectivity index (χ0) is 16.4. The molecular weight excluding hydrogens is 266 g/mol. The van der Waals surface area contributed by atoms with E-state index in [1.165, 1.54) is 0 Å². The molecular formula is C17H27NO3. The maximum Gasteiger partial charge on any atom is 0.333 e. The van der Waals surface area contributed by atoms with Gasteiger partial charge >= 0.3 is 5.97 Å². The summed E-state index contributed by atoms with van der Waals surface area (Å²) < 4.78 is 5.01. The van der Waals surface area contributed by atoms with Crippen LogP contribution in [0.15, 0.2) is 36.6 Å². The van der Waals surface area contributed by atoms with E-state index in [-0.39, 0.29) is 11.9 Å². The first kappa shape index (κ1) is 19.2. The molecule has 0 aromatic carbocycles. The number of carbonyl (C=O) groups is 2. The fraction of sp³-hybridized carbons (Fsp3) is 0.529. The fourth-order valence-corrected chi connectivity index (χ4v) is 1.71. The van der Waals surface area contributed by atoms with Crippen LogP contribution >= 0.6 is 0 Å². The van der Waals surface area contributed by atoms with Gasteiger partial charge in [0.15, 0.2) is 0 Å². The number of rotatable bonds is 10. The molecule has 0 saturated carbocycles. The summed E-state index contributed by atoms with van der Waals surface area (Å²) in [6.07, 6.45) is 3.63. The van der Waals surface area contributed by atoms with Gasteiger partial charge in [0, 0.05) is 23.4 Å². The van der Waals surface area contributed by atoms with E-state index in [4.69, 9.17) is 4.74 Å². The predicted molar refractivity (Wildman–Crippen MR) is 85.6 cm³/mol. The third-order valence-corrected chi connectivity index (χ3v) is 2.93. The molecule has 0 aromatic rings. The molecule has 0 atom stereocenters. The van der Waals surface area contributed by atoms with Crippen LogP contribution in [0.2, 0.25) is 0 Å². The number of ether oxygens (including phenoxy) is 1. The Labute approximate surface area is 128 Å². The Morgan fingerprint density at radius 1 is 0.905 bits per heavy atom. The highest BCUT2D eigenvalue weighted by Crippen LogP contribution is 2.10. The molecule has 4 nitrogen and oxygen atoms in total. The van der Waals surface area contributed by atoms with Crippen molar-refractivity contribution in [1.29, 1.82) is 0 Å². The van der Waals surface area contributed by atoms with Gasteiger partial charge in [-0.15, -0.1) is 0 Å². The zero-order valence-corrected chi connectivity index (χ0v) is 13.5. The second-order valence-electron chi connectivity index (χ2n) is 5.30. The second-order valence-corrected chi connectivity index (χ2v) is 5.30. The van der Waals surface area contributed by atoms with Gasteiger partial charge in [-0.25, -0.2) is 4.79 Å². The Kier molecular flexibility index (Phi) is 9.10. The quantitative estimate of drug-likeness (QED) is 0.351.